The Bertz CT molecular complexity index is 1490. The minimum atomic E-state index is -0.215. The molecule has 2 aliphatic rings. The van der Waals surface area contributed by atoms with Crippen LogP contribution in [-0.2, 0) is 16.0 Å². The number of nitrogen functional groups attached to an aromatic ring is 1. The third-order valence-electron chi connectivity index (χ3n) is 7.30. The molecule has 0 aliphatic heterocycles. The van der Waals surface area contributed by atoms with Gasteiger partial charge in [0.05, 0.1) is 18.5 Å². The van der Waals surface area contributed by atoms with Crippen LogP contribution in [0.2, 0.25) is 0 Å². The van der Waals surface area contributed by atoms with Crippen molar-refractivity contribution in [1.82, 2.24) is 25.4 Å². The summed E-state index contributed by atoms with van der Waals surface area (Å²) in [4.78, 5) is 29.4. The molecule has 3 heterocycles. The zero-order valence-corrected chi connectivity index (χ0v) is 24.5. The molecule has 13 heteroatoms. The molecule has 2 amide bonds. The topological polar surface area (TPSA) is 173 Å². The maximum Gasteiger partial charge on any atom is 0.232 e. The number of allylic oxidation sites excluding steroid dienone is 3. The monoisotopic (exact) mass is 591 g/mol. The molecule has 3 aromatic rings. The summed E-state index contributed by atoms with van der Waals surface area (Å²) in [6.07, 6.45) is 10.4. The second kappa shape index (κ2) is 13.2. The molecule has 0 aromatic carbocycles. The summed E-state index contributed by atoms with van der Waals surface area (Å²) in [7, 11) is 0. The first-order valence-electron chi connectivity index (χ1n) is 13.7. The molecular weight excluding hydrogens is 559 g/mol. The Balaban J connectivity index is 1.15. The number of pyridine rings is 1. The number of hydrogen-bond acceptors (Lipinski definition) is 11. The molecule has 0 spiro atoms. The molecule has 2 aliphatic carbocycles. The molecule has 5 rings (SSSR count). The highest BCUT2D eigenvalue weighted by atomic mass is 32.1. The maximum atomic E-state index is 12.8. The van der Waals surface area contributed by atoms with Crippen LogP contribution >= 0.6 is 22.7 Å². The van der Waals surface area contributed by atoms with Crippen molar-refractivity contribution in [2.24, 2.45) is 0 Å². The average molecular weight is 592 g/mol. The fourth-order valence-electron chi connectivity index (χ4n) is 5.10. The standard InChI is InChI=1S/C28H33N9O2S2/c1-16-11-12-20(29)8-3-5-17(16)14-23(38)32-27-36-34-25(40-27)18-6-2-7-19(13-18)26-35-37-28(41-26)33-24(39)15-21-9-4-10-22(30)31-21/h3-5,9-10,18-19,29H,2,6-8,11-15H2,1H3,(H2,30,31)(H,32,36,38)(H,33,37,39)/b5-3-,17-16?,29-20?. The van der Waals surface area contributed by atoms with Crippen molar-refractivity contribution in [3.63, 3.8) is 0 Å². The fourth-order valence-corrected chi connectivity index (χ4v) is 6.91. The Kier molecular flexibility index (Phi) is 9.24. The summed E-state index contributed by atoms with van der Waals surface area (Å²) < 4.78 is 0. The van der Waals surface area contributed by atoms with Gasteiger partial charge in [0.1, 0.15) is 15.8 Å². The summed E-state index contributed by atoms with van der Waals surface area (Å²) in [5.41, 5.74) is 9.17. The predicted octanol–water partition coefficient (Wildman–Crippen LogP) is 5.39. The molecule has 2 unspecified atom stereocenters. The van der Waals surface area contributed by atoms with Crippen LogP contribution in [0, 0.1) is 5.41 Å². The van der Waals surface area contributed by atoms with Crippen LogP contribution in [0.5, 0.6) is 0 Å². The van der Waals surface area contributed by atoms with E-state index in [2.05, 4.69) is 36.0 Å². The Hall–Kier alpha value is -3.84. The van der Waals surface area contributed by atoms with Crippen molar-refractivity contribution in [3.8, 4) is 0 Å². The van der Waals surface area contributed by atoms with Gasteiger partial charge in [-0.3, -0.25) is 9.59 Å². The summed E-state index contributed by atoms with van der Waals surface area (Å²) in [6, 6.07) is 5.21. The number of nitrogens with two attached hydrogens (primary N) is 1. The van der Waals surface area contributed by atoms with Gasteiger partial charge in [-0.05, 0) is 56.7 Å². The summed E-state index contributed by atoms with van der Waals surface area (Å²) in [5.74, 6) is 0.496. The van der Waals surface area contributed by atoms with Gasteiger partial charge in [-0.1, -0.05) is 52.9 Å². The summed E-state index contributed by atoms with van der Waals surface area (Å²) >= 11 is 2.83. The molecular formula is C28H33N9O2S2. The quantitative estimate of drug-likeness (QED) is 0.270. The Morgan fingerprint density at radius 1 is 0.976 bits per heavy atom. The van der Waals surface area contributed by atoms with E-state index in [0.717, 1.165) is 65.4 Å². The van der Waals surface area contributed by atoms with Crippen LogP contribution in [0.15, 0.2) is 41.5 Å². The van der Waals surface area contributed by atoms with Crippen LogP contribution in [0.25, 0.3) is 0 Å². The second-order valence-electron chi connectivity index (χ2n) is 10.5. The van der Waals surface area contributed by atoms with Gasteiger partial charge in [0.15, 0.2) is 0 Å². The van der Waals surface area contributed by atoms with Crippen molar-refractivity contribution in [2.75, 3.05) is 16.4 Å². The van der Waals surface area contributed by atoms with E-state index in [1.807, 2.05) is 19.1 Å². The van der Waals surface area contributed by atoms with E-state index in [-0.39, 0.29) is 36.5 Å². The maximum absolute atomic E-state index is 12.8. The molecule has 0 bridgehead atoms. The number of rotatable bonds is 8. The lowest BCUT2D eigenvalue weighted by Crippen LogP contribution is -2.15. The number of carbonyl (C=O) groups excluding carboxylic acids is 2. The van der Waals surface area contributed by atoms with E-state index < -0.39 is 0 Å². The van der Waals surface area contributed by atoms with Crippen molar-refractivity contribution in [3.05, 3.63) is 57.2 Å². The minimum absolute atomic E-state index is 0.112. The number of nitrogens with zero attached hydrogens (tertiary/aromatic N) is 5. The second-order valence-corrected chi connectivity index (χ2v) is 12.5. The summed E-state index contributed by atoms with van der Waals surface area (Å²) in [5, 5.41) is 33.7. The average Bonchev–Trinajstić information content (AvgIpc) is 3.60. The number of nitrogens with one attached hydrogen (secondary N) is 3. The van der Waals surface area contributed by atoms with Gasteiger partial charge in [-0.15, -0.1) is 20.4 Å². The van der Waals surface area contributed by atoms with Crippen molar-refractivity contribution < 1.29 is 9.59 Å². The van der Waals surface area contributed by atoms with Crippen LogP contribution in [-0.4, -0.2) is 42.9 Å². The first kappa shape index (κ1) is 28.7. The first-order valence-corrected chi connectivity index (χ1v) is 15.3. The predicted molar refractivity (Wildman–Crippen MR) is 161 cm³/mol. The number of amides is 2. The number of carbonyl (C=O) groups is 2. The van der Waals surface area contributed by atoms with Gasteiger partial charge in [-0.25, -0.2) is 4.98 Å². The molecule has 2 atom stereocenters. The van der Waals surface area contributed by atoms with Crippen LogP contribution in [0.3, 0.4) is 0 Å². The molecule has 1 saturated carbocycles. The lowest BCUT2D eigenvalue weighted by molar-refractivity contribution is -0.116. The molecule has 214 valence electrons. The highest BCUT2D eigenvalue weighted by molar-refractivity contribution is 7.15. The molecule has 1 fully saturated rings. The van der Waals surface area contributed by atoms with E-state index in [9.17, 15) is 9.59 Å². The van der Waals surface area contributed by atoms with Gasteiger partial charge < -0.3 is 21.8 Å². The SMILES string of the molecule is CC1=C(CC(=O)Nc2nnc(C3CCCC(c4nnc(NC(=O)Cc5cccc(N)n5)s4)C3)s2)/C=C\CC(=N)CC1. The van der Waals surface area contributed by atoms with Crippen molar-refractivity contribution in [1.29, 1.82) is 5.41 Å². The molecule has 3 aromatic heterocycles. The van der Waals surface area contributed by atoms with Crippen LogP contribution < -0.4 is 16.4 Å². The lowest BCUT2D eigenvalue weighted by atomic mass is 9.82. The van der Waals surface area contributed by atoms with E-state index in [4.69, 9.17) is 11.1 Å². The van der Waals surface area contributed by atoms with Crippen LogP contribution in [0.1, 0.15) is 85.8 Å². The van der Waals surface area contributed by atoms with Gasteiger partial charge in [0.25, 0.3) is 0 Å². The van der Waals surface area contributed by atoms with Crippen molar-refractivity contribution in [2.45, 2.75) is 76.5 Å². The molecule has 41 heavy (non-hydrogen) atoms. The Morgan fingerprint density at radius 3 is 2.29 bits per heavy atom. The highest BCUT2D eigenvalue weighted by Gasteiger charge is 2.29. The summed E-state index contributed by atoms with van der Waals surface area (Å²) in [6.45, 7) is 2.03. The number of aromatic nitrogens is 5. The van der Waals surface area contributed by atoms with Gasteiger partial charge in [0, 0.05) is 24.0 Å². The first-order chi connectivity index (χ1) is 19.8. The molecule has 0 saturated heterocycles. The van der Waals surface area contributed by atoms with E-state index in [1.54, 1.807) is 18.2 Å². The highest BCUT2D eigenvalue weighted by Crippen LogP contribution is 2.43. The third-order valence-corrected chi connectivity index (χ3v) is 9.30. The van der Waals surface area contributed by atoms with Crippen molar-refractivity contribution >= 4 is 56.3 Å². The van der Waals surface area contributed by atoms with E-state index in [0.29, 0.717) is 28.2 Å². The number of anilines is 3. The largest absolute Gasteiger partial charge is 0.384 e. The van der Waals surface area contributed by atoms with Gasteiger partial charge in [-0.2, -0.15) is 0 Å². The molecule has 5 N–H and O–H groups in total. The number of hydrogen-bond donors (Lipinski definition) is 4. The zero-order chi connectivity index (χ0) is 28.8. The zero-order valence-electron chi connectivity index (χ0n) is 22.9. The fraction of sp³-hybridized carbons (Fsp3) is 0.429. The van der Waals surface area contributed by atoms with Crippen LogP contribution in [0.4, 0.5) is 16.1 Å². The molecule has 11 nitrogen and oxygen atoms in total. The lowest BCUT2D eigenvalue weighted by Gasteiger charge is -2.25. The smallest absolute Gasteiger partial charge is 0.232 e. The Morgan fingerprint density at radius 2 is 1.63 bits per heavy atom. The minimum Gasteiger partial charge on any atom is -0.384 e. The van der Waals surface area contributed by atoms with Gasteiger partial charge >= 0.3 is 0 Å². The van der Waals surface area contributed by atoms with E-state index >= 15 is 0 Å². The third kappa shape index (κ3) is 7.88. The Labute approximate surface area is 246 Å². The van der Waals surface area contributed by atoms with Gasteiger partial charge in [0.2, 0.25) is 22.1 Å². The molecule has 0 radical (unpaired) electrons. The normalized spacial score (nSPS) is 20.3. The van der Waals surface area contributed by atoms with E-state index in [1.165, 1.54) is 22.7 Å².